The second kappa shape index (κ2) is 18.5. The quantitative estimate of drug-likeness (QED) is 0.164. The number of fused-ring (bicyclic) bond motifs is 2. The number of anilines is 4. The summed E-state index contributed by atoms with van der Waals surface area (Å²) in [6.07, 6.45) is 6.39. The van der Waals surface area contributed by atoms with Crippen LogP contribution in [0.25, 0.3) is 21.8 Å². The molecule has 2 heterocycles. The molecule has 0 unspecified atom stereocenters. The third kappa shape index (κ3) is 9.11. The number of pyridine rings is 2. The molecular formula is C48H42Br2Cl2N4. The summed E-state index contributed by atoms with van der Waals surface area (Å²) in [5.41, 5.74) is 12.2. The van der Waals surface area contributed by atoms with Gasteiger partial charge in [0.2, 0.25) is 11.0 Å². The van der Waals surface area contributed by atoms with E-state index in [0.29, 0.717) is 0 Å². The van der Waals surface area contributed by atoms with Crippen molar-refractivity contribution in [1.82, 2.24) is 0 Å². The topological polar surface area (TPSA) is 14.2 Å². The highest BCUT2D eigenvalue weighted by Crippen LogP contribution is 2.32. The van der Waals surface area contributed by atoms with Gasteiger partial charge in [0.1, 0.15) is 0 Å². The Kier molecular flexibility index (Phi) is 13.5. The first-order valence-corrected chi connectivity index (χ1v) is 19.1. The van der Waals surface area contributed by atoms with Crippen LogP contribution in [0.1, 0.15) is 22.3 Å². The Labute approximate surface area is 360 Å². The fraction of sp³-hybridized carbons (Fsp3) is 0.125. The third-order valence-corrected chi connectivity index (χ3v) is 10.9. The van der Waals surface area contributed by atoms with Gasteiger partial charge in [0.25, 0.3) is 0 Å². The SMILES string of the molecule is CN(c1ccc(Cl)cc1)c1cc[n+](Cc2ccc(CCc3ccc(C[n+]4ccc(N(C)c5ccc(Cl)cc5)c5ccccc54)cc3)cc2)c2ccccc12.[Br-].[Br-]. The van der Waals surface area contributed by atoms with Crippen LogP contribution in [0.3, 0.4) is 0 Å². The highest BCUT2D eigenvalue weighted by Gasteiger charge is 2.18. The van der Waals surface area contributed by atoms with Crippen molar-refractivity contribution in [3.8, 4) is 0 Å². The molecule has 0 saturated carbocycles. The molecule has 0 spiro atoms. The number of rotatable bonds is 11. The van der Waals surface area contributed by atoms with Crippen LogP contribution in [0.4, 0.5) is 22.7 Å². The van der Waals surface area contributed by atoms with Gasteiger partial charge in [-0.25, -0.2) is 0 Å². The van der Waals surface area contributed by atoms with E-state index in [1.165, 1.54) is 44.1 Å². The van der Waals surface area contributed by atoms with Gasteiger partial charge in [0.15, 0.2) is 25.5 Å². The summed E-state index contributed by atoms with van der Waals surface area (Å²) < 4.78 is 4.67. The van der Waals surface area contributed by atoms with E-state index in [9.17, 15) is 0 Å². The molecule has 2 aromatic heterocycles. The van der Waals surface area contributed by atoms with E-state index in [1.54, 1.807) is 0 Å². The summed E-state index contributed by atoms with van der Waals surface area (Å²) in [4.78, 5) is 4.43. The molecule has 8 aromatic rings. The second-order valence-corrected chi connectivity index (χ2v) is 14.8. The average molecular weight is 906 g/mol. The van der Waals surface area contributed by atoms with Crippen LogP contribution in [0.2, 0.25) is 10.0 Å². The fourth-order valence-corrected chi connectivity index (χ4v) is 7.57. The molecule has 0 radical (unpaired) electrons. The summed E-state index contributed by atoms with van der Waals surface area (Å²) >= 11 is 12.3. The highest BCUT2D eigenvalue weighted by molar-refractivity contribution is 6.31. The van der Waals surface area contributed by atoms with Crippen LogP contribution in [-0.2, 0) is 25.9 Å². The van der Waals surface area contributed by atoms with E-state index in [4.69, 9.17) is 23.2 Å². The predicted molar refractivity (Wildman–Crippen MR) is 226 cm³/mol. The van der Waals surface area contributed by atoms with E-state index in [-0.39, 0.29) is 34.0 Å². The zero-order valence-corrected chi connectivity index (χ0v) is 36.0. The number of nitrogens with zero attached hydrogens (tertiary/aromatic N) is 4. The molecule has 4 nitrogen and oxygen atoms in total. The molecule has 0 amide bonds. The maximum atomic E-state index is 6.15. The number of halogens is 4. The first kappa shape index (κ1) is 40.9. The molecule has 0 aliphatic heterocycles. The van der Waals surface area contributed by atoms with Gasteiger partial charge in [-0.05, 0) is 84.6 Å². The molecule has 8 rings (SSSR count). The van der Waals surface area contributed by atoms with Gasteiger partial charge in [-0.1, -0.05) is 96.0 Å². The maximum absolute atomic E-state index is 6.15. The maximum Gasteiger partial charge on any atom is 0.214 e. The zero-order valence-electron chi connectivity index (χ0n) is 31.3. The fourth-order valence-electron chi connectivity index (χ4n) is 7.32. The lowest BCUT2D eigenvalue weighted by molar-refractivity contribution is -0.662. The number of aryl methyl sites for hydroxylation is 2. The van der Waals surface area contributed by atoms with Crippen LogP contribution in [0.15, 0.2) is 170 Å². The van der Waals surface area contributed by atoms with Crippen LogP contribution >= 0.6 is 23.2 Å². The van der Waals surface area contributed by atoms with Gasteiger partial charge in [-0.3, -0.25) is 0 Å². The van der Waals surface area contributed by atoms with Crippen molar-refractivity contribution in [2.75, 3.05) is 23.9 Å². The molecule has 0 N–H and O–H groups in total. The van der Waals surface area contributed by atoms with Crippen LogP contribution < -0.4 is 52.9 Å². The molecule has 6 aromatic carbocycles. The Morgan fingerprint density at radius 1 is 0.411 bits per heavy atom. The van der Waals surface area contributed by atoms with Gasteiger partial charge in [0, 0.05) is 70.9 Å². The van der Waals surface area contributed by atoms with Gasteiger partial charge < -0.3 is 43.8 Å². The Bertz CT molecular complexity index is 2360. The molecule has 0 fully saturated rings. The lowest BCUT2D eigenvalue weighted by atomic mass is 10.0. The van der Waals surface area contributed by atoms with Gasteiger partial charge in [0.05, 0.1) is 22.1 Å². The molecule has 0 aliphatic rings. The van der Waals surface area contributed by atoms with Crippen molar-refractivity contribution in [3.63, 3.8) is 0 Å². The summed E-state index contributed by atoms with van der Waals surface area (Å²) in [6.45, 7) is 1.62. The summed E-state index contributed by atoms with van der Waals surface area (Å²) in [5, 5.41) is 3.90. The zero-order chi connectivity index (χ0) is 37.0. The van der Waals surface area contributed by atoms with E-state index in [0.717, 1.165) is 58.7 Å². The van der Waals surface area contributed by atoms with Gasteiger partial charge in [-0.2, -0.15) is 9.13 Å². The Morgan fingerprint density at radius 3 is 1.12 bits per heavy atom. The van der Waals surface area contributed by atoms with Gasteiger partial charge >= 0.3 is 0 Å². The highest BCUT2D eigenvalue weighted by atomic mass is 79.9. The average Bonchev–Trinajstić information content (AvgIpc) is 3.21. The number of benzene rings is 6. The van der Waals surface area contributed by atoms with E-state index >= 15 is 0 Å². The number of hydrogen-bond donors (Lipinski definition) is 0. The van der Waals surface area contributed by atoms with Crippen molar-refractivity contribution >= 4 is 67.8 Å². The minimum Gasteiger partial charge on any atom is -1.00 e. The minimum absolute atomic E-state index is 0. The standard InChI is InChI=1S/C48H42Cl2N4.2BrH/c1-51(41-25-21-39(49)22-26-41)45-29-31-53(47-9-5-3-7-43(45)47)33-37-17-13-35(14-18-37)11-12-36-15-19-38(20-16-36)34-54-32-30-46(44-8-4-6-10-48(44)54)52(2)42-27-23-40(50)24-28-42;;/h3-10,13-32H,11-12,33-34H2,1-2H3;2*1H/q+2;;/p-2. The Balaban J connectivity index is 0.00000266. The smallest absolute Gasteiger partial charge is 0.214 e. The monoisotopic (exact) mass is 902 g/mol. The summed E-state index contributed by atoms with van der Waals surface area (Å²) in [5.74, 6) is 0. The van der Waals surface area contributed by atoms with Crippen LogP contribution in [0, 0.1) is 0 Å². The predicted octanol–water partition coefficient (Wildman–Crippen LogP) is 5.30. The van der Waals surface area contributed by atoms with Crippen molar-refractivity contribution in [2.24, 2.45) is 0 Å². The molecule has 56 heavy (non-hydrogen) atoms. The lowest BCUT2D eigenvalue weighted by Gasteiger charge is -2.21. The molecular weight excluding hydrogens is 863 g/mol. The van der Waals surface area contributed by atoms with Crippen molar-refractivity contribution in [1.29, 1.82) is 0 Å². The van der Waals surface area contributed by atoms with Crippen molar-refractivity contribution in [2.45, 2.75) is 25.9 Å². The summed E-state index contributed by atoms with van der Waals surface area (Å²) in [7, 11) is 4.21. The summed E-state index contributed by atoms with van der Waals surface area (Å²) in [6, 6.07) is 55.8. The van der Waals surface area contributed by atoms with E-state index in [2.05, 4.69) is 179 Å². The largest absolute Gasteiger partial charge is 1.00 e. The molecule has 8 heteroatoms. The number of hydrogen-bond acceptors (Lipinski definition) is 2. The second-order valence-electron chi connectivity index (χ2n) is 13.9. The number of aromatic nitrogens is 2. The van der Waals surface area contributed by atoms with Crippen molar-refractivity contribution < 1.29 is 43.1 Å². The molecule has 282 valence electrons. The van der Waals surface area contributed by atoms with Gasteiger partial charge in [-0.15, -0.1) is 0 Å². The normalized spacial score (nSPS) is 10.9. The van der Waals surface area contributed by atoms with E-state index in [1.807, 2.05) is 24.3 Å². The number of para-hydroxylation sites is 2. The molecule has 0 atom stereocenters. The third-order valence-electron chi connectivity index (χ3n) is 10.4. The molecule has 0 saturated heterocycles. The lowest BCUT2D eigenvalue weighted by Crippen LogP contribution is -3.00. The first-order valence-electron chi connectivity index (χ1n) is 18.4. The van der Waals surface area contributed by atoms with E-state index < -0.39 is 0 Å². The van der Waals surface area contributed by atoms with Crippen molar-refractivity contribution in [3.05, 3.63) is 202 Å². The van der Waals surface area contributed by atoms with Crippen LogP contribution in [0.5, 0.6) is 0 Å². The minimum atomic E-state index is 0. The van der Waals surface area contributed by atoms with Crippen LogP contribution in [-0.4, -0.2) is 14.1 Å². The molecule has 0 aliphatic carbocycles. The first-order chi connectivity index (χ1) is 26.4. The Hall–Kier alpha value is -4.72. The Morgan fingerprint density at radius 2 is 0.750 bits per heavy atom. The molecule has 0 bridgehead atoms.